The topological polar surface area (TPSA) is 20.2 Å². The standard InChI is InChI=1S/C11H22O/c1-9(2)6-7-11(4,5)8-10(3)12/h10,12H,1,6-8H2,2-5H3. The average Bonchev–Trinajstić information content (AvgIpc) is 1.81. The Labute approximate surface area is 76.5 Å². The molecule has 0 heterocycles. The highest BCUT2D eigenvalue weighted by molar-refractivity contribution is 4.89. The van der Waals surface area contributed by atoms with Crippen molar-refractivity contribution in [2.75, 3.05) is 0 Å². The monoisotopic (exact) mass is 170 g/mol. The van der Waals surface area contributed by atoms with Crippen molar-refractivity contribution in [3.05, 3.63) is 12.2 Å². The van der Waals surface area contributed by atoms with Crippen molar-refractivity contribution in [3.63, 3.8) is 0 Å². The summed E-state index contributed by atoms with van der Waals surface area (Å²) in [4.78, 5) is 0. The van der Waals surface area contributed by atoms with E-state index in [9.17, 15) is 5.11 Å². The number of rotatable bonds is 5. The van der Waals surface area contributed by atoms with Gasteiger partial charge in [0, 0.05) is 0 Å². The lowest BCUT2D eigenvalue weighted by atomic mass is 9.82. The molecule has 0 aliphatic carbocycles. The summed E-state index contributed by atoms with van der Waals surface area (Å²) in [7, 11) is 0. The second-order valence-corrected chi connectivity index (χ2v) is 4.67. The first-order valence-electron chi connectivity index (χ1n) is 4.66. The molecule has 0 amide bonds. The normalized spacial score (nSPS) is 14.4. The Morgan fingerprint density at radius 3 is 2.33 bits per heavy atom. The molecule has 1 heteroatoms. The fourth-order valence-electron chi connectivity index (χ4n) is 1.45. The highest BCUT2D eigenvalue weighted by atomic mass is 16.3. The van der Waals surface area contributed by atoms with Gasteiger partial charge < -0.3 is 5.11 Å². The second-order valence-electron chi connectivity index (χ2n) is 4.67. The minimum atomic E-state index is -0.190. The first kappa shape index (κ1) is 11.7. The van der Waals surface area contributed by atoms with Crippen LogP contribution in [-0.2, 0) is 0 Å². The Morgan fingerprint density at radius 2 is 2.00 bits per heavy atom. The van der Waals surface area contributed by atoms with Gasteiger partial charge in [-0.25, -0.2) is 0 Å². The van der Waals surface area contributed by atoms with Crippen LogP contribution in [0.15, 0.2) is 12.2 Å². The Morgan fingerprint density at radius 1 is 1.50 bits per heavy atom. The Kier molecular flexibility index (Phi) is 4.54. The molecule has 12 heavy (non-hydrogen) atoms. The minimum absolute atomic E-state index is 0.190. The molecule has 0 aromatic carbocycles. The molecular weight excluding hydrogens is 148 g/mol. The molecule has 0 saturated carbocycles. The molecule has 1 unspecified atom stereocenters. The van der Waals surface area contributed by atoms with Gasteiger partial charge >= 0.3 is 0 Å². The van der Waals surface area contributed by atoms with E-state index in [1.54, 1.807) is 0 Å². The van der Waals surface area contributed by atoms with Gasteiger partial charge in [-0.15, -0.1) is 6.58 Å². The van der Waals surface area contributed by atoms with Crippen molar-refractivity contribution in [2.45, 2.75) is 53.1 Å². The van der Waals surface area contributed by atoms with E-state index in [-0.39, 0.29) is 11.5 Å². The van der Waals surface area contributed by atoms with Gasteiger partial charge in [-0.2, -0.15) is 0 Å². The molecule has 0 fully saturated rings. The maximum absolute atomic E-state index is 9.23. The molecule has 72 valence electrons. The third-order valence-corrected chi connectivity index (χ3v) is 2.08. The lowest BCUT2D eigenvalue weighted by Gasteiger charge is -2.26. The molecular formula is C11H22O. The van der Waals surface area contributed by atoms with Crippen LogP contribution in [0, 0.1) is 5.41 Å². The van der Waals surface area contributed by atoms with Crippen LogP contribution < -0.4 is 0 Å². The summed E-state index contributed by atoms with van der Waals surface area (Å²) in [5, 5.41) is 9.23. The Bertz CT molecular complexity index is 145. The summed E-state index contributed by atoms with van der Waals surface area (Å²) in [6, 6.07) is 0. The quantitative estimate of drug-likeness (QED) is 0.628. The van der Waals surface area contributed by atoms with Crippen LogP contribution in [0.3, 0.4) is 0 Å². The van der Waals surface area contributed by atoms with Gasteiger partial charge in [0.25, 0.3) is 0 Å². The van der Waals surface area contributed by atoms with Gasteiger partial charge in [0.15, 0.2) is 0 Å². The maximum Gasteiger partial charge on any atom is 0.0517 e. The first-order chi connectivity index (χ1) is 5.33. The zero-order valence-corrected chi connectivity index (χ0v) is 8.85. The molecule has 0 bridgehead atoms. The van der Waals surface area contributed by atoms with Crippen molar-refractivity contribution >= 4 is 0 Å². The maximum atomic E-state index is 9.23. The Balaban J connectivity index is 3.78. The zero-order valence-electron chi connectivity index (χ0n) is 8.85. The zero-order chi connectivity index (χ0) is 9.78. The molecule has 0 radical (unpaired) electrons. The van der Waals surface area contributed by atoms with Gasteiger partial charge in [0.2, 0.25) is 0 Å². The number of allylic oxidation sites excluding steroid dienone is 1. The molecule has 1 nitrogen and oxygen atoms in total. The Hall–Kier alpha value is -0.300. The largest absolute Gasteiger partial charge is 0.393 e. The second kappa shape index (κ2) is 4.66. The smallest absolute Gasteiger partial charge is 0.0517 e. The lowest BCUT2D eigenvalue weighted by Crippen LogP contribution is -2.18. The molecule has 0 aliphatic heterocycles. The average molecular weight is 170 g/mol. The number of hydrogen-bond acceptors (Lipinski definition) is 1. The summed E-state index contributed by atoms with van der Waals surface area (Å²) in [6.45, 7) is 12.2. The molecule has 0 saturated heterocycles. The summed E-state index contributed by atoms with van der Waals surface area (Å²) < 4.78 is 0. The van der Waals surface area contributed by atoms with Gasteiger partial charge in [0.05, 0.1) is 6.10 Å². The molecule has 0 aromatic heterocycles. The van der Waals surface area contributed by atoms with Gasteiger partial charge in [-0.3, -0.25) is 0 Å². The van der Waals surface area contributed by atoms with E-state index in [0.29, 0.717) is 0 Å². The van der Waals surface area contributed by atoms with E-state index < -0.39 is 0 Å². The van der Waals surface area contributed by atoms with Crippen molar-refractivity contribution in [1.82, 2.24) is 0 Å². The third kappa shape index (κ3) is 6.41. The molecule has 0 aliphatic rings. The van der Waals surface area contributed by atoms with Crippen molar-refractivity contribution in [2.24, 2.45) is 5.41 Å². The van der Waals surface area contributed by atoms with Crippen LogP contribution in [0.5, 0.6) is 0 Å². The highest BCUT2D eigenvalue weighted by Crippen LogP contribution is 2.29. The molecule has 0 aromatic rings. The van der Waals surface area contributed by atoms with Crippen LogP contribution in [0.4, 0.5) is 0 Å². The molecule has 1 N–H and O–H groups in total. The van der Waals surface area contributed by atoms with Gasteiger partial charge in [-0.05, 0) is 38.5 Å². The van der Waals surface area contributed by atoms with E-state index in [4.69, 9.17) is 0 Å². The summed E-state index contributed by atoms with van der Waals surface area (Å²) >= 11 is 0. The SMILES string of the molecule is C=C(C)CCC(C)(C)CC(C)O. The molecule has 0 rings (SSSR count). The predicted molar refractivity (Wildman–Crippen MR) is 54.1 cm³/mol. The van der Waals surface area contributed by atoms with Crippen LogP contribution >= 0.6 is 0 Å². The van der Waals surface area contributed by atoms with Crippen LogP contribution in [0.2, 0.25) is 0 Å². The van der Waals surface area contributed by atoms with Crippen molar-refractivity contribution < 1.29 is 5.11 Å². The van der Waals surface area contributed by atoms with E-state index in [2.05, 4.69) is 27.4 Å². The summed E-state index contributed by atoms with van der Waals surface area (Å²) in [5.41, 5.74) is 1.47. The fraction of sp³-hybridized carbons (Fsp3) is 0.818. The van der Waals surface area contributed by atoms with Crippen molar-refractivity contribution in [3.8, 4) is 0 Å². The summed E-state index contributed by atoms with van der Waals surface area (Å²) in [5.74, 6) is 0. The number of hydrogen-bond donors (Lipinski definition) is 1. The van der Waals surface area contributed by atoms with Crippen LogP contribution in [0.25, 0.3) is 0 Å². The number of aliphatic hydroxyl groups excluding tert-OH is 1. The van der Waals surface area contributed by atoms with Crippen molar-refractivity contribution in [1.29, 1.82) is 0 Å². The predicted octanol–water partition coefficient (Wildman–Crippen LogP) is 3.14. The van der Waals surface area contributed by atoms with Crippen LogP contribution in [-0.4, -0.2) is 11.2 Å². The summed E-state index contributed by atoms with van der Waals surface area (Å²) in [6.07, 6.45) is 2.87. The van der Waals surface area contributed by atoms with E-state index in [1.165, 1.54) is 5.57 Å². The lowest BCUT2D eigenvalue weighted by molar-refractivity contribution is 0.124. The first-order valence-corrected chi connectivity index (χ1v) is 4.66. The van der Waals surface area contributed by atoms with Gasteiger partial charge in [0.1, 0.15) is 0 Å². The highest BCUT2D eigenvalue weighted by Gasteiger charge is 2.19. The van der Waals surface area contributed by atoms with E-state index in [0.717, 1.165) is 19.3 Å². The van der Waals surface area contributed by atoms with E-state index in [1.807, 2.05) is 6.92 Å². The molecule has 0 spiro atoms. The minimum Gasteiger partial charge on any atom is -0.393 e. The van der Waals surface area contributed by atoms with Gasteiger partial charge in [-0.1, -0.05) is 19.4 Å². The molecule has 1 atom stereocenters. The van der Waals surface area contributed by atoms with Crippen LogP contribution in [0.1, 0.15) is 47.0 Å². The fourth-order valence-corrected chi connectivity index (χ4v) is 1.45. The van der Waals surface area contributed by atoms with E-state index >= 15 is 0 Å². The number of aliphatic hydroxyl groups is 1. The third-order valence-electron chi connectivity index (χ3n) is 2.08.